The van der Waals surface area contributed by atoms with Crippen LogP contribution in [0.3, 0.4) is 0 Å². The lowest BCUT2D eigenvalue weighted by atomic mass is 10.2. The third kappa shape index (κ3) is 2.21. The Morgan fingerprint density at radius 2 is 2.29 bits per heavy atom. The molecule has 0 N–H and O–H groups in total. The smallest absolute Gasteiger partial charge is 0.254 e. The Labute approximate surface area is 80.8 Å². The van der Waals surface area contributed by atoms with Gasteiger partial charge < -0.3 is 4.90 Å². The first kappa shape index (κ1) is 10.0. The molecule has 0 aliphatic heterocycles. The standard InChI is InChI=1S/C8H9N5O/c1-13(2)8(14)6-3-4-7(10-5-6)11-12-9/h3-5H,1-2H3. The second-order valence-corrected chi connectivity index (χ2v) is 2.79. The fourth-order valence-electron chi connectivity index (χ4n) is 0.876. The summed E-state index contributed by atoms with van der Waals surface area (Å²) in [4.78, 5) is 19.2. The number of carbonyl (C=O) groups excluding carboxylic acids is 1. The molecule has 1 aromatic heterocycles. The van der Waals surface area contributed by atoms with E-state index in [1.807, 2.05) is 0 Å². The Morgan fingerprint density at radius 3 is 2.71 bits per heavy atom. The van der Waals surface area contributed by atoms with Gasteiger partial charge in [0, 0.05) is 25.2 Å². The summed E-state index contributed by atoms with van der Waals surface area (Å²) >= 11 is 0. The average Bonchev–Trinajstić information content (AvgIpc) is 2.18. The van der Waals surface area contributed by atoms with Gasteiger partial charge in [-0.1, -0.05) is 0 Å². The first-order chi connectivity index (χ1) is 6.65. The molecule has 0 spiro atoms. The number of carbonyl (C=O) groups is 1. The maximum atomic E-state index is 11.4. The van der Waals surface area contributed by atoms with Gasteiger partial charge in [-0.25, -0.2) is 0 Å². The van der Waals surface area contributed by atoms with E-state index >= 15 is 0 Å². The largest absolute Gasteiger partial charge is 0.345 e. The minimum Gasteiger partial charge on any atom is -0.345 e. The molecule has 0 aliphatic carbocycles. The van der Waals surface area contributed by atoms with Gasteiger partial charge in [-0.3, -0.25) is 9.78 Å². The quantitative estimate of drug-likeness (QED) is 0.405. The molecule has 0 saturated heterocycles. The fraction of sp³-hybridized carbons (Fsp3) is 0.250. The Balaban J connectivity index is 2.93. The normalized spacial score (nSPS) is 9.00. The van der Waals surface area contributed by atoms with Crippen molar-refractivity contribution in [2.45, 2.75) is 0 Å². The number of amides is 1. The summed E-state index contributed by atoms with van der Waals surface area (Å²) in [6.45, 7) is 0. The second-order valence-electron chi connectivity index (χ2n) is 2.79. The lowest BCUT2D eigenvalue weighted by molar-refractivity contribution is 0.0827. The average molecular weight is 191 g/mol. The van der Waals surface area contributed by atoms with Crippen LogP contribution in [-0.4, -0.2) is 29.9 Å². The molecule has 0 unspecified atom stereocenters. The molecule has 0 aromatic carbocycles. The van der Waals surface area contributed by atoms with Crippen molar-refractivity contribution in [3.05, 3.63) is 34.3 Å². The molecular weight excluding hydrogens is 182 g/mol. The Hall–Kier alpha value is -2.07. The van der Waals surface area contributed by atoms with E-state index in [1.165, 1.54) is 17.2 Å². The van der Waals surface area contributed by atoms with Crippen LogP contribution in [0.1, 0.15) is 10.4 Å². The van der Waals surface area contributed by atoms with Gasteiger partial charge in [-0.15, -0.1) is 0 Å². The van der Waals surface area contributed by atoms with Gasteiger partial charge in [0.05, 0.1) is 5.56 Å². The summed E-state index contributed by atoms with van der Waals surface area (Å²) in [5.74, 6) is 0.118. The zero-order valence-electron chi connectivity index (χ0n) is 7.88. The first-order valence-corrected chi connectivity index (χ1v) is 3.88. The molecule has 0 atom stereocenters. The highest BCUT2D eigenvalue weighted by Gasteiger charge is 2.07. The highest BCUT2D eigenvalue weighted by atomic mass is 16.2. The molecule has 0 bridgehead atoms. The topological polar surface area (TPSA) is 82.0 Å². The van der Waals surface area contributed by atoms with E-state index in [0.29, 0.717) is 5.56 Å². The maximum absolute atomic E-state index is 11.4. The van der Waals surface area contributed by atoms with E-state index in [4.69, 9.17) is 5.53 Å². The van der Waals surface area contributed by atoms with Gasteiger partial charge in [-0.2, -0.15) is 0 Å². The molecule has 72 valence electrons. The fourth-order valence-corrected chi connectivity index (χ4v) is 0.876. The van der Waals surface area contributed by atoms with Gasteiger partial charge in [0.15, 0.2) is 0 Å². The van der Waals surface area contributed by atoms with Gasteiger partial charge >= 0.3 is 0 Å². The molecule has 1 amide bonds. The third-order valence-electron chi connectivity index (χ3n) is 1.55. The van der Waals surface area contributed by atoms with Gasteiger partial charge in [0.25, 0.3) is 5.91 Å². The van der Waals surface area contributed by atoms with E-state index < -0.39 is 0 Å². The number of azide groups is 1. The van der Waals surface area contributed by atoms with E-state index in [9.17, 15) is 4.79 Å². The van der Waals surface area contributed by atoms with Crippen LogP contribution in [-0.2, 0) is 0 Å². The molecule has 6 nitrogen and oxygen atoms in total. The Kier molecular flexibility index (Phi) is 3.04. The zero-order valence-corrected chi connectivity index (χ0v) is 7.88. The molecule has 1 heterocycles. The van der Waals surface area contributed by atoms with Crippen molar-refractivity contribution < 1.29 is 4.79 Å². The van der Waals surface area contributed by atoms with Gasteiger partial charge in [0.1, 0.15) is 5.82 Å². The van der Waals surface area contributed by atoms with Crippen molar-refractivity contribution in [1.29, 1.82) is 0 Å². The molecule has 0 fully saturated rings. The molecule has 0 radical (unpaired) electrons. The van der Waals surface area contributed by atoms with Gasteiger partial charge in [0.2, 0.25) is 0 Å². The minimum atomic E-state index is -0.134. The number of pyridine rings is 1. The Bertz CT molecular complexity index is 377. The highest BCUT2D eigenvalue weighted by Crippen LogP contribution is 2.09. The molecule has 1 aromatic rings. The molecule has 0 saturated carbocycles. The summed E-state index contributed by atoms with van der Waals surface area (Å²) in [5, 5.41) is 3.30. The molecule has 14 heavy (non-hydrogen) atoms. The van der Waals surface area contributed by atoms with Crippen LogP contribution in [0.2, 0.25) is 0 Å². The van der Waals surface area contributed by atoms with E-state index in [-0.39, 0.29) is 11.7 Å². The molecular formula is C8H9N5O. The monoisotopic (exact) mass is 191 g/mol. The van der Waals surface area contributed by atoms with Crippen molar-refractivity contribution in [3.8, 4) is 0 Å². The maximum Gasteiger partial charge on any atom is 0.254 e. The zero-order chi connectivity index (χ0) is 10.6. The van der Waals surface area contributed by atoms with E-state index in [2.05, 4.69) is 15.0 Å². The first-order valence-electron chi connectivity index (χ1n) is 3.88. The van der Waals surface area contributed by atoms with Crippen molar-refractivity contribution in [3.63, 3.8) is 0 Å². The van der Waals surface area contributed by atoms with Crippen molar-refractivity contribution >= 4 is 11.7 Å². The number of nitrogens with zero attached hydrogens (tertiary/aromatic N) is 5. The van der Waals surface area contributed by atoms with Crippen LogP contribution in [0.4, 0.5) is 5.82 Å². The molecule has 1 rings (SSSR count). The predicted molar refractivity (Wildman–Crippen MR) is 51.1 cm³/mol. The molecule has 6 heteroatoms. The third-order valence-corrected chi connectivity index (χ3v) is 1.55. The minimum absolute atomic E-state index is 0.134. The highest BCUT2D eigenvalue weighted by molar-refractivity contribution is 5.93. The van der Waals surface area contributed by atoms with Crippen molar-refractivity contribution in [1.82, 2.24) is 9.88 Å². The van der Waals surface area contributed by atoms with E-state index in [1.54, 1.807) is 20.2 Å². The number of aromatic nitrogens is 1. The van der Waals surface area contributed by atoms with Crippen LogP contribution in [0.15, 0.2) is 23.4 Å². The van der Waals surface area contributed by atoms with Gasteiger partial charge in [-0.05, 0) is 22.8 Å². The molecule has 0 aliphatic rings. The lowest BCUT2D eigenvalue weighted by Gasteiger charge is -2.09. The van der Waals surface area contributed by atoms with E-state index in [0.717, 1.165) is 0 Å². The summed E-state index contributed by atoms with van der Waals surface area (Å²) < 4.78 is 0. The number of hydrogen-bond donors (Lipinski definition) is 0. The summed E-state index contributed by atoms with van der Waals surface area (Å²) in [5.41, 5.74) is 8.59. The summed E-state index contributed by atoms with van der Waals surface area (Å²) in [6.07, 6.45) is 1.38. The van der Waals surface area contributed by atoms with Crippen molar-refractivity contribution in [2.24, 2.45) is 5.11 Å². The Morgan fingerprint density at radius 1 is 1.57 bits per heavy atom. The number of hydrogen-bond acceptors (Lipinski definition) is 3. The van der Waals surface area contributed by atoms with Crippen LogP contribution >= 0.6 is 0 Å². The lowest BCUT2D eigenvalue weighted by Crippen LogP contribution is -2.21. The number of rotatable bonds is 2. The second kappa shape index (κ2) is 4.25. The van der Waals surface area contributed by atoms with Crippen LogP contribution < -0.4 is 0 Å². The summed E-state index contributed by atoms with van der Waals surface area (Å²) in [7, 11) is 3.31. The summed E-state index contributed by atoms with van der Waals surface area (Å²) in [6, 6.07) is 3.07. The van der Waals surface area contributed by atoms with Crippen molar-refractivity contribution in [2.75, 3.05) is 14.1 Å². The SMILES string of the molecule is CN(C)C(=O)c1ccc(N=[N+]=[N-])nc1. The van der Waals surface area contributed by atoms with Crippen LogP contribution in [0.5, 0.6) is 0 Å². The van der Waals surface area contributed by atoms with Crippen LogP contribution in [0, 0.1) is 0 Å². The predicted octanol–water partition coefficient (Wildman–Crippen LogP) is 1.73. The van der Waals surface area contributed by atoms with Crippen LogP contribution in [0.25, 0.3) is 10.4 Å².